The zero-order valence-corrected chi connectivity index (χ0v) is 16.2. The first-order chi connectivity index (χ1) is 12.4. The Balaban J connectivity index is 1.24. The quantitative estimate of drug-likeness (QED) is 0.864. The number of fused-ring (bicyclic) bond motifs is 1. The average molecular weight is 357 g/mol. The summed E-state index contributed by atoms with van der Waals surface area (Å²) >= 11 is 0. The first-order valence-corrected chi connectivity index (χ1v) is 10.5. The summed E-state index contributed by atoms with van der Waals surface area (Å²) in [4.78, 5) is 22.4. The average Bonchev–Trinajstić information content (AvgIpc) is 2.99. The lowest BCUT2D eigenvalue weighted by Gasteiger charge is -2.58. The molecule has 4 fully saturated rings. The van der Waals surface area contributed by atoms with E-state index in [9.17, 15) is 4.79 Å². The Morgan fingerprint density at radius 3 is 2.58 bits per heavy atom. The molecule has 0 atom stereocenters. The maximum atomic E-state index is 12.9. The molecule has 4 bridgehead atoms. The number of urea groups is 1. The van der Waals surface area contributed by atoms with E-state index in [1.54, 1.807) is 6.33 Å². The Labute approximate surface area is 156 Å². The predicted octanol–water partition coefficient (Wildman–Crippen LogP) is 3.86. The summed E-state index contributed by atoms with van der Waals surface area (Å²) in [6.07, 6.45) is 12.4. The van der Waals surface area contributed by atoms with Crippen molar-refractivity contribution in [3.8, 4) is 0 Å². The molecule has 6 rings (SSSR count). The van der Waals surface area contributed by atoms with Crippen LogP contribution in [0.5, 0.6) is 0 Å². The van der Waals surface area contributed by atoms with Gasteiger partial charge in [-0.25, -0.2) is 9.78 Å². The smallest absolute Gasteiger partial charge is 0.318 e. The van der Waals surface area contributed by atoms with Gasteiger partial charge < -0.3 is 15.2 Å². The van der Waals surface area contributed by atoms with Gasteiger partial charge in [-0.2, -0.15) is 0 Å². The highest BCUT2D eigenvalue weighted by Gasteiger charge is 2.52. The second-order valence-corrected chi connectivity index (χ2v) is 10.4. The molecule has 4 aliphatic carbocycles. The number of hydrogen-bond acceptors (Lipinski definition) is 2. The van der Waals surface area contributed by atoms with Gasteiger partial charge in [0, 0.05) is 18.5 Å². The second kappa shape index (κ2) is 5.74. The van der Waals surface area contributed by atoms with Gasteiger partial charge in [-0.1, -0.05) is 0 Å². The van der Waals surface area contributed by atoms with Gasteiger partial charge in [-0.3, -0.25) is 0 Å². The van der Waals surface area contributed by atoms with Crippen molar-refractivity contribution >= 4 is 6.03 Å². The third kappa shape index (κ3) is 2.93. The number of carbonyl (C=O) groups excluding carboxylic acids is 1. The van der Waals surface area contributed by atoms with Crippen molar-refractivity contribution in [1.82, 2.24) is 20.2 Å². The summed E-state index contributed by atoms with van der Waals surface area (Å²) in [5.74, 6) is 2.90. The van der Waals surface area contributed by atoms with Crippen LogP contribution in [0, 0.1) is 23.2 Å². The molecular weight excluding hydrogens is 324 g/mol. The monoisotopic (exact) mass is 356 g/mol. The number of aromatic amines is 1. The summed E-state index contributed by atoms with van der Waals surface area (Å²) in [5.41, 5.74) is 2.55. The molecule has 0 radical (unpaired) electrons. The van der Waals surface area contributed by atoms with E-state index >= 15 is 0 Å². The van der Waals surface area contributed by atoms with Crippen LogP contribution in [0.1, 0.15) is 70.2 Å². The van der Waals surface area contributed by atoms with E-state index in [0.717, 1.165) is 48.5 Å². The van der Waals surface area contributed by atoms with E-state index < -0.39 is 0 Å². The van der Waals surface area contributed by atoms with Gasteiger partial charge in [0.05, 0.1) is 24.3 Å². The second-order valence-electron chi connectivity index (χ2n) is 10.4. The fourth-order valence-corrected chi connectivity index (χ4v) is 7.24. The molecule has 142 valence electrons. The van der Waals surface area contributed by atoms with Crippen molar-refractivity contribution < 1.29 is 4.79 Å². The van der Waals surface area contributed by atoms with Gasteiger partial charge in [0.15, 0.2) is 0 Å². The molecule has 5 nitrogen and oxygen atoms in total. The first kappa shape index (κ1) is 16.6. The Morgan fingerprint density at radius 2 is 1.92 bits per heavy atom. The lowest BCUT2D eigenvalue weighted by Crippen LogP contribution is -2.55. The van der Waals surface area contributed by atoms with Gasteiger partial charge in [0.2, 0.25) is 0 Å². The normalized spacial score (nSPS) is 35.5. The minimum Gasteiger partial charge on any atom is -0.347 e. The Kier molecular flexibility index (Phi) is 3.67. The van der Waals surface area contributed by atoms with Crippen molar-refractivity contribution in [2.24, 2.45) is 23.2 Å². The van der Waals surface area contributed by atoms with E-state index in [0.29, 0.717) is 12.0 Å². The number of carbonyl (C=O) groups is 1. The number of nitrogens with zero attached hydrogens (tertiary/aromatic N) is 2. The molecule has 0 saturated heterocycles. The fourth-order valence-electron chi connectivity index (χ4n) is 7.24. The summed E-state index contributed by atoms with van der Waals surface area (Å²) in [5, 5.41) is 3.38. The number of H-pyrrole nitrogens is 1. The Hall–Kier alpha value is -1.52. The highest BCUT2D eigenvalue weighted by atomic mass is 16.2. The van der Waals surface area contributed by atoms with Gasteiger partial charge in [-0.05, 0) is 82.0 Å². The van der Waals surface area contributed by atoms with Crippen LogP contribution in [0.2, 0.25) is 0 Å². The summed E-state index contributed by atoms with van der Waals surface area (Å²) in [6.45, 7) is 5.87. The number of rotatable bonds is 3. The minimum atomic E-state index is -0.142. The molecule has 2 heterocycles. The summed E-state index contributed by atoms with van der Waals surface area (Å²) in [7, 11) is 0. The van der Waals surface area contributed by atoms with E-state index in [1.165, 1.54) is 38.5 Å². The number of imidazole rings is 1. The van der Waals surface area contributed by atoms with Crippen LogP contribution in [0.4, 0.5) is 4.79 Å². The topological polar surface area (TPSA) is 61.0 Å². The number of aromatic nitrogens is 2. The fraction of sp³-hybridized carbons (Fsp3) is 0.810. The molecule has 1 aromatic heterocycles. The summed E-state index contributed by atoms with van der Waals surface area (Å²) < 4.78 is 0. The van der Waals surface area contributed by atoms with Crippen molar-refractivity contribution in [3.63, 3.8) is 0 Å². The van der Waals surface area contributed by atoms with Crippen LogP contribution in [-0.2, 0) is 13.0 Å². The van der Waals surface area contributed by atoms with E-state index in [4.69, 9.17) is 0 Å². The molecule has 5 heteroatoms. The molecule has 0 unspecified atom stereocenters. The SMILES string of the molecule is CC(C)(CC12CC3CC(CC(C3)C1)C2)NC(=O)N1CCc2nc[nH]c2C1. The maximum absolute atomic E-state index is 12.9. The zero-order chi connectivity index (χ0) is 17.9. The summed E-state index contributed by atoms with van der Waals surface area (Å²) in [6, 6.07) is 0.0833. The van der Waals surface area contributed by atoms with Crippen LogP contribution in [0.25, 0.3) is 0 Å². The maximum Gasteiger partial charge on any atom is 0.318 e. The van der Waals surface area contributed by atoms with Crippen LogP contribution >= 0.6 is 0 Å². The van der Waals surface area contributed by atoms with Gasteiger partial charge in [-0.15, -0.1) is 0 Å². The molecule has 5 aliphatic rings. The minimum absolute atomic E-state index is 0.0833. The largest absolute Gasteiger partial charge is 0.347 e. The van der Waals surface area contributed by atoms with E-state index in [1.807, 2.05) is 4.90 Å². The molecule has 1 aromatic rings. The van der Waals surface area contributed by atoms with Crippen molar-refractivity contribution in [1.29, 1.82) is 0 Å². The van der Waals surface area contributed by atoms with E-state index in [-0.39, 0.29) is 11.6 Å². The molecule has 26 heavy (non-hydrogen) atoms. The third-order valence-electron chi connectivity index (χ3n) is 7.49. The van der Waals surface area contributed by atoms with Gasteiger partial charge in [0.1, 0.15) is 0 Å². The number of amides is 2. The molecular formula is C21H32N4O. The zero-order valence-electron chi connectivity index (χ0n) is 16.2. The van der Waals surface area contributed by atoms with Crippen LogP contribution in [0.15, 0.2) is 6.33 Å². The van der Waals surface area contributed by atoms with Crippen molar-refractivity contribution in [2.45, 2.75) is 77.3 Å². The Bertz CT molecular complexity index is 671. The highest BCUT2D eigenvalue weighted by Crippen LogP contribution is 2.62. The highest BCUT2D eigenvalue weighted by molar-refractivity contribution is 5.75. The van der Waals surface area contributed by atoms with Gasteiger partial charge >= 0.3 is 6.03 Å². The predicted molar refractivity (Wildman–Crippen MR) is 101 cm³/mol. The van der Waals surface area contributed by atoms with Crippen LogP contribution in [-0.4, -0.2) is 33.0 Å². The third-order valence-corrected chi connectivity index (χ3v) is 7.49. The van der Waals surface area contributed by atoms with Gasteiger partial charge in [0.25, 0.3) is 0 Å². The number of nitrogens with one attached hydrogen (secondary N) is 2. The lowest BCUT2D eigenvalue weighted by molar-refractivity contribution is -0.0676. The standard InChI is InChI=1S/C21H32N4O/c1-20(2,12-21-8-14-5-15(9-21)7-16(6-14)10-21)24-19(26)25-4-3-17-18(11-25)23-13-22-17/h13-16H,3-12H2,1-2H3,(H,22,23)(H,24,26). The van der Waals surface area contributed by atoms with Crippen molar-refractivity contribution in [2.75, 3.05) is 6.54 Å². The molecule has 2 N–H and O–H groups in total. The van der Waals surface area contributed by atoms with E-state index in [2.05, 4.69) is 29.1 Å². The Morgan fingerprint density at radius 1 is 1.27 bits per heavy atom. The van der Waals surface area contributed by atoms with Crippen LogP contribution < -0.4 is 5.32 Å². The number of hydrogen-bond donors (Lipinski definition) is 2. The molecule has 2 amide bonds. The molecule has 0 aromatic carbocycles. The van der Waals surface area contributed by atoms with Crippen molar-refractivity contribution in [3.05, 3.63) is 17.7 Å². The first-order valence-electron chi connectivity index (χ1n) is 10.5. The lowest BCUT2D eigenvalue weighted by atomic mass is 9.48. The molecule has 0 spiro atoms. The van der Waals surface area contributed by atoms with Crippen LogP contribution in [0.3, 0.4) is 0 Å². The molecule has 1 aliphatic heterocycles. The molecule has 4 saturated carbocycles.